The fraction of sp³-hybridized carbons (Fsp3) is 0.150. The standard InChI is InChI=1S/C20H15FN2O5S/c1-22-18-15(16(19(25)26)20(27)29-18)17(24)23-14-7-6-11(9-13(14)21)10-4-3-5-12(8-10)28-2/h3-9,18,20,27H,2H3,(H,23,24)(H,25,26). The van der Waals surface area contributed by atoms with Crippen LogP contribution in [0.4, 0.5) is 10.1 Å². The highest BCUT2D eigenvalue weighted by Crippen LogP contribution is 2.39. The van der Waals surface area contributed by atoms with Crippen LogP contribution in [0.25, 0.3) is 16.0 Å². The number of hydrogen-bond donors (Lipinski definition) is 3. The smallest absolute Gasteiger partial charge is 0.335 e. The summed E-state index contributed by atoms with van der Waals surface area (Å²) in [4.78, 5) is 27.1. The van der Waals surface area contributed by atoms with Gasteiger partial charge in [-0.1, -0.05) is 18.2 Å². The summed E-state index contributed by atoms with van der Waals surface area (Å²) in [6.45, 7) is 7.12. The number of hydrogen-bond acceptors (Lipinski definition) is 5. The molecular formula is C20H15FN2O5S. The third-order valence-corrected chi connectivity index (χ3v) is 5.35. The van der Waals surface area contributed by atoms with Gasteiger partial charge in [0.1, 0.15) is 22.6 Å². The van der Waals surface area contributed by atoms with E-state index in [0.717, 1.165) is 0 Å². The number of benzene rings is 2. The molecule has 2 unspecified atom stereocenters. The quantitative estimate of drug-likeness (QED) is 0.650. The average Bonchev–Trinajstić information content (AvgIpc) is 3.06. The molecule has 3 rings (SSSR count). The van der Waals surface area contributed by atoms with E-state index in [1.54, 1.807) is 30.3 Å². The zero-order valence-corrected chi connectivity index (χ0v) is 15.9. The van der Waals surface area contributed by atoms with Gasteiger partial charge in [-0.2, -0.15) is 0 Å². The normalized spacial score (nSPS) is 18.3. The highest BCUT2D eigenvalue weighted by molar-refractivity contribution is 8.01. The second-order valence-corrected chi connectivity index (χ2v) is 7.15. The first-order valence-electron chi connectivity index (χ1n) is 8.28. The minimum absolute atomic E-state index is 0.172. The first-order valence-corrected chi connectivity index (χ1v) is 9.22. The Morgan fingerprint density at radius 2 is 1.93 bits per heavy atom. The van der Waals surface area contributed by atoms with E-state index in [9.17, 15) is 24.2 Å². The number of aliphatic carboxylic acids is 1. The Labute approximate surface area is 169 Å². The highest BCUT2D eigenvalue weighted by Gasteiger charge is 2.44. The summed E-state index contributed by atoms with van der Waals surface area (Å²) in [5.41, 5.74) is -1.37. The number of carbonyl (C=O) groups is 2. The first-order chi connectivity index (χ1) is 13.8. The molecular weight excluding hydrogens is 399 g/mol. The number of aliphatic hydroxyl groups excluding tert-OH is 1. The van der Waals surface area contributed by atoms with Gasteiger partial charge < -0.3 is 20.3 Å². The van der Waals surface area contributed by atoms with Gasteiger partial charge in [-0.05, 0) is 47.2 Å². The Bertz CT molecular complexity index is 1060. The van der Waals surface area contributed by atoms with Crippen molar-refractivity contribution < 1.29 is 28.9 Å². The Kier molecular flexibility index (Phi) is 5.87. The maximum atomic E-state index is 14.6. The lowest BCUT2D eigenvalue weighted by Crippen LogP contribution is -2.22. The minimum atomic E-state index is -1.51. The number of ether oxygens (including phenoxy) is 1. The lowest BCUT2D eigenvalue weighted by molar-refractivity contribution is -0.133. The number of carboxylic acids is 1. The molecule has 0 saturated carbocycles. The molecule has 0 spiro atoms. The van der Waals surface area contributed by atoms with Crippen LogP contribution in [-0.2, 0) is 9.59 Å². The van der Waals surface area contributed by atoms with E-state index in [-0.39, 0.29) is 11.3 Å². The predicted molar refractivity (Wildman–Crippen MR) is 106 cm³/mol. The maximum absolute atomic E-state index is 14.6. The van der Waals surface area contributed by atoms with E-state index in [0.29, 0.717) is 28.6 Å². The second kappa shape index (κ2) is 8.34. The van der Waals surface area contributed by atoms with Crippen molar-refractivity contribution in [3.8, 4) is 16.9 Å². The molecule has 0 bridgehead atoms. The number of carboxylic acid groups (broad SMARTS) is 1. The van der Waals surface area contributed by atoms with Gasteiger partial charge in [-0.3, -0.25) is 9.64 Å². The fourth-order valence-electron chi connectivity index (χ4n) is 2.86. The van der Waals surface area contributed by atoms with E-state index in [4.69, 9.17) is 11.3 Å². The molecule has 1 amide bonds. The first kappa shape index (κ1) is 20.4. The molecule has 0 fully saturated rings. The lowest BCUT2D eigenvalue weighted by Gasteiger charge is -2.10. The van der Waals surface area contributed by atoms with E-state index >= 15 is 0 Å². The predicted octanol–water partition coefficient (Wildman–Crippen LogP) is 3.13. The average molecular weight is 414 g/mol. The number of nitrogens with one attached hydrogen (secondary N) is 1. The molecule has 2 aromatic rings. The molecule has 7 nitrogen and oxygen atoms in total. The van der Waals surface area contributed by atoms with Crippen LogP contribution in [0.5, 0.6) is 5.75 Å². The third kappa shape index (κ3) is 4.08. The van der Waals surface area contributed by atoms with Crippen molar-refractivity contribution in [1.29, 1.82) is 0 Å². The molecule has 1 aliphatic heterocycles. The van der Waals surface area contributed by atoms with Crippen molar-refractivity contribution in [2.24, 2.45) is 0 Å². The van der Waals surface area contributed by atoms with Crippen LogP contribution in [0, 0.1) is 12.4 Å². The Morgan fingerprint density at radius 1 is 1.21 bits per heavy atom. The Balaban J connectivity index is 1.89. The summed E-state index contributed by atoms with van der Waals surface area (Å²) < 4.78 is 19.7. The van der Waals surface area contributed by atoms with Crippen LogP contribution in [0.2, 0.25) is 0 Å². The van der Waals surface area contributed by atoms with Gasteiger partial charge in [0.2, 0.25) is 0 Å². The summed E-state index contributed by atoms with van der Waals surface area (Å²) in [6, 6.07) is 11.2. The zero-order chi connectivity index (χ0) is 21.1. The molecule has 9 heteroatoms. The van der Waals surface area contributed by atoms with Gasteiger partial charge in [0.25, 0.3) is 5.91 Å². The number of anilines is 1. The van der Waals surface area contributed by atoms with Gasteiger partial charge in [0.15, 0.2) is 0 Å². The molecule has 1 aliphatic rings. The monoisotopic (exact) mass is 414 g/mol. The number of amides is 1. The van der Waals surface area contributed by atoms with E-state index < -0.39 is 34.1 Å². The molecule has 2 atom stereocenters. The molecule has 29 heavy (non-hydrogen) atoms. The van der Waals surface area contributed by atoms with Crippen LogP contribution < -0.4 is 10.1 Å². The number of rotatable bonds is 5. The number of halogens is 1. The number of aliphatic hydroxyl groups is 1. The van der Waals surface area contributed by atoms with Gasteiger partial charge in [-0.25, -0.2) is 15.8 Å². The summed E-state index contributed by atoms with van der Waals surface area (Å²) in [6.07, 6.45) is 0. The molecule has 0 aliphatic carbocycles. The van der Waals surface area contributed by atoms with Crippen molar-refractivity contribution in [2.45, 2.75) is 10.8 Å². The molecule has 2 aromatic carbocycles. The van der Waals surface area contributed by atoms with Crippen LogP contribution in [-0.4, -0.2) is 40.0 Å². The van der Waals surface area contributed by atoms with Crippen molar-refractivity contribution in [3.63, 3.8) is 0 Å². The largest absolute Gasteiger partial charge is 0.497 e. The summed E-state index contributed by atoms with van der Waals surface area (Å²) in [5, 5.41) is 20.2. The van der Waals surface area contributed by atoms with Gasteiger partial charge >= 0.3 is 11.3 Å². The van der Waals surface area contributed by atoms with Crippen molar-refractivity contribution >= 4 is 29.3 Å². The van der Waals surface area contributed by atoms with Gasteiger partial charge in [0, 0.05) is 0 Å². The number of nitrogens with zero attached hydrogens (tertiary/aromatic N) is 1. The third-order valence-electron chi connectivity index (χ3n) is 4.25. The fourth-order valence-corrected chi connectivity index (χ4v) is 3.90. The number of methoxy groups -OCH3 is 1. The van der Waals surface area contributed by atoms with Gasteiger partial charge in [-0.15, -0.1) is 0 Å². The van der Waals surface area contributed by atoms with Crippen molar-refractivity contribution in [2.75, 3.05) is 12.4 Å². The topological polar surface area (TPSA) is 100 Å². The number of thioether (sulfide) groups is 1. The van der Waals surface area contributed by atoms with Gasteiger partial charge in [0.05, 0.1) is 18.4 Å². The van der Waals surface area contributed by atoms with Crippen LogP contribution in [0.15, 0.2) is 53.6 Å². The van der Waals surface area contributed by atoms with Crippen LogP contribution in [0.1, 0.15) is 0 Å². The molecule has 0 saturated heterocycles. The molecule has 1 heterocycles. The maximum Gasteiger partial charge on any atom is 0.335 e. The molecule has 148 valence electrons. The lowest BCUT2D eigenvalue weighted by atomic mass is 10.0. The van der Waals surface area contributed by atoms with E-state index in [1.807, 2.05) is 0 Å². The Hall–Kier alpha value is -3.35. The zero-order valence-electron chi connectivity index (χ0n) is 15.0. The van der Waals surface area contributed by atoms with Crippen molar-refractivity contribution in [1.82, 2.24) is 0 Å². The summed E-state index contributed by atoms with van der Waals surface area (Å²) in [7, 11) is 1.52. The van der Waals surface area contributed by atoms with Crippen LogP contribution in [0.3, 0.4) is 0 Å². The molecule has 0 radical (unpaired) electrons. The van der Waals surface area contributed by atoms with Crippen LogP contribution >= 0.6 is 11.8 Å². The summed E-state index contributed by atoms with van der Waals surface area (Å²) >= 11 is 0.636. The molecule has 0 aromatic heterocycles. The second-order valence-electron chi connectivity index (χ2n) is 5.98. The number of carbonyl (C=O) groups excluding carboxylic acids is 1. The minimum Gasteiger partial charge on any atom is -0.497 e. The van der Waals surface area contributed by atoms with E-state index in [1.165, 1.54) is 19.2 Å². The SMILES string of the molecule is [C-]#[N+]C1SC(O)C(C(=O)O)=C1C(=O)Nc1ccc(-c2cccc(OC)c2)cc1F. The summed E-state index contributed by atoms with van der Waals surface area (Å²) in [5.74, 6) is -2.58. The van der Waals surface area contributed by atoms with E-state index in [2.05, 4.69) is 10.2 Å². The Morgan fingerprint density at radius 3 is 2.55 bits per heavy atom. The highest BCUT2D eigenvalue weighted by atomic mass is 32.2. The molecule has 3 N–H and O–H groups in total. The van der Waals surface area contributed by atoms with Crippen molar-refractivity contribution in [3.05, 3.63) is 70.8 Å².